The summed E-state index contributed by atoms with van der Waals surface area (Å²) in [7, 11) is 0. The van der Waals surface area contributed by atoms with Crippen molar-refractivity contribution in [2.45, 2.75) is 37.3 Å². The van der Waals surface area contributed by atoms with Gasteiger partial charge in [-0.25, -0.2) is 15.0 Å². The van der Waals surface area contributed by atoms with E-state index in [0.29, 0.717) is 12.5 Å². The summed E-state index contributed by atoms with van der Waals surface area (Å²) in [5.74, 6) is 1.20. The smallest absolute Gasteiger partial charge is 0.283 e. The maximum absolute atomic E-state index is 6.35. The molecular weight excluding hydrogens is 316 g/mol. The highest BCUT2D eigenvalue weighted by Gasteiger charge is 2.54. The van der Waals surface area contributed by atoms with Gasteiger partial charge in [0.2, 0.25) is 0 Å². The molecule has 2 N–H and O–H groups in total. The molecule has 0 saturated heterocycles. The molecule has 1 fully saturated rings. The van der Waals surface area contributed by atoms with Crippen molar-refractivity contribution in [3.8, 4) is 16.9 Å². The van der Waals surface area contributed by atoms with Crippen LogP contribution in [0.3, 0.4) is 0 Å². The Hall–Kier alpha value is -2.63. The Labute approximate surface area is 146 Å². The highest BCUT2D eigenvalue weighted by atomic mass is 16.5. The highest BCUT2D eigenvalue weighted by Crippen LogP contribution is 2.52. The van der Waals surface area contributed by atoms with E-state index in [0.717, 1.165) is 35.3 Å². The second-order valence-electron chi connectivity index (χ2n) is 7.05. The number of hydrogen-bond donors (Lipinski definition) is 1. The number of hydrogen-bond acceptors (Lipinski definition) is 6. The monoisotopic (exact) mass is 336 g/mol. The Bertz CT molecular complexity index is 839. The molecule has 3 atom stereocenters. The van der Waals surface area contributed by atoms with E-state index in [-0.39, 0.29) is 12.1 Å². The number of aromatic nitrogens is 2. The molecule has 1 aliphatic carbocycles. The number of rotatable bonds is 1. The largest absolute Gasteiger partial charge is 0.490 e. The molecule has 0 radical (unpaired) electrons. The van der Waals surface area contributed by atoms with Gasteiger partial charge in [0.05, 0.1) is 0 Å². The van der Waals surface area contributed by atoms with Crippen LogP contribution in [-0.2, 0) is 10.3 Å². The van der Waals surface area contributed by atoms with Crippen LogP contribution < -0.4 is 10.5 Å². The zero-order chi connectivity index (χ0) is 16.9. The van der Waals surface area contributed by atoms with Crippen molar-refractivity contribution in [3.63, 3.8) is 0 Å². The fourth-order valence-electron chi connectivity index (χ4n) is 4.52. The predicted molar refractivity (Wildman–Crippen MR) is 93.1 cm³/mol. The third-order valence-corrected chi connectivity index (χ3v) is 5.68. The second kappa shape index (κ2) is 5.44. The minimum absolute atomic E-state index is 0.186. The fraction of sp³-hybridized carbons (Fsp3) is 0.421. The Morgan fingerprint density at radius 2 is 1.92 bits per heavy atom. The molecule has 2 aliphatic heterocycles. The molecule has 1 saturated carbocycles. The molecule has 6 nitrogen and oxygen atoms in total. The number of fused-ring (bicyclic) bond motifs is 4. The highest BCUT2D eigenvalue weighted by molar-refractivity contribution is 5.75. The first-order chi connectivity index (χ1) is 12.3. The predicted octanol–water partition coefficient (Wildman–Crippen LogP) is 2.64. The quantitative estimate of drug-likeness (QED) is 0.865. The number of benzene rings is 1. The van der Waals surface area contributed by atoms with Crippen molar-refractivity contribution in [2.75, 3.05) is 6.61 Å². The van der Waals surface area contributed by atoms with Crippen molar-refractivity contribution in [1.29, 1.82) is 0 Å². The van der Waals surface area contributed by atoms with Crippen LogP contribution >= 0.6 is 0 Å². The molecule has 128 valence electrons. The standard InChI is InChI=1S/C19H20N4O2/c20-18-23-19(10-24-18)14-3-1-2-4-16(14)25-17-6-5-12(7-15(17)19)13-8-21-11-22-9-13/h5-9,11,14,16H,1-4,10H2,(H2,20,23)/t14?,16-,19?/m1/s1. The Morgan fingerprint density at radius 1 is 1.08 bits per heavy atom. The summed E-state index contributed by atoms with van der Waals surface area (Å²) in [6.45, 7) is 0.491. The van der Waals surface area contributed by atoms with Crippen LogP contribution in [0.4, 0.5) is 0 Å². The lowest BCUT2D eigenvalue weighted by molar-refractivity contribution is 0.00745. The van der Waals surface area contributed by atoms with E-state index in [1.807, 2.05) is 18.5 Å². The lowest BCUT2D eigenvalue weighted by Crippen LogP contribution is -2.49. The average molecular weight is 336 g/mol. The molecule has 2 aromatic rings. The molecule has 0 amide bonds. The first kappa shape index (κ1) is 14.7. The molecule has 5 rings (SSSR count). The van der Waals surface area contributed by atoms with Crippen LogP contribution in [0.15, 0.2) is 41.9 Å². The van der Waals surface area contributed by atoms with Gasteiger partial charge in [-0.15, -0.1) is 0 Å². The van der Waals surface area contributed by atoms with Gasteiger partial charge in [-0.05, 0) is 37.0 Å². The topological polar surface area (TPSA) is 82.6 Å². The molecule has 1 aromatic heterocycles. The van der Waals surface area contributed by atoms with Crippen molar-refractivity contribution >= 4 is 6.02 Å². The van der Waals surface area contributed by atoms with Gasteiger partial charge in [-0.3, -0.25) is 0 Å². The Morgan fingerprint density at radius 3 is 2.72 bits per heavy atom. The van der Waals surface area contributed by atoms with E-state index >= 15 is 0 Å². The van der Waals surface area contributed by atoms with Crippen LogP contribution in [-0.4, -0.2) is 28.7 Å². The van der Waals surface area contributed by atoms with Gasteiger partial charge in [-0.2, -0.15) is 0 Å². The van der Waals surface area contributed by atoms with E-state index in [2.05, 4.69) is 22.1 Å². The molecule has 25 heavy (non-hydrogen) atoms. The van der Waals surface area contributed by atoms with Gasteiger partial charge in [0, 0.05) is 29.4 Å². The van der Waals surface area contributed by atoms with Crippen molar-refractivity contribution in [1.82, 2.24) is 9.97 Å². The van der Waals surface area contributed by atoms with E-state index < -0.39 is 5.54 Å². The zero-order valence-corrected chi connectivity index (χ0v) is 13.9. The summed E-state index contributed by atoms with van der Waals surface area (Å²) in [4.78, 5) is 13.1. The molecule has 1 spiro atoms. The third-order valence-electron chi connectivity index (χ3n) is 5.68. The average Bonchev–Trinajstić information content (AvgIpc) is 3.05. The fourth-order valence-corrected chi connectivity index (χ4v) is 4.52. The Kier molecular flexibility index (Phi) is 3.20. The van der Waals surface area contributed by atoms with Crippen LogP contribution in [0.2, 0.25) is 0 Å². The first-order valence-corrected chi connectivity index (χ1v) is 8.81. The van der Waals surface area contributed by atoms with E-state index in [4.69, 9.17) is 20.2 Å². The van der Waals surface area contributed by atoms with E-state index in [9.17, 15) is 0 Å². The first-order valence-electron chi connectivity index (χ1n) is 8.81. The minimum Gasteiger partial charge on any atom is -0.490 e. The molecule has 3 aliphatic rings. The second-order valence-corrected chi connectivity index (χ2v) is 7.05. The number of nitrogens with zero attached hydrogens (tertiary/aromatic N) is 3. The van der Waals surface area contributed by atoms with Crippen LogP contribution in [0.1, 0.15) is 31.2 Å². The maximum atomic E-state index is 6.35. The number of nitrogens with two attached hydrogens (primary N) is 1. The third kappa shape index (κ3) is 2.20. The number of aliphatic imine (C=N–C) groups is 1. The summed E-state index contributed by atoms with van der Waals surface area (Å²) in [6, 6.07) is 6.51. The number of amidine groups is 1. The molecule has 2 unspecified atom stereocenters. The SMILES string of the molecule is NC1=NC2(CO1)c1cc(-c3cncnc3)ccc1O[C@@H]1CCCCC12. The summed E-state index contributed by atoms with van der Waals surface area (Å²) < 4.78 is 12.0. The summed E-state index contributed by atoms with van der Waals surface area (Å²) in [5.41, 5.74) is 8.59. The number of ether oxygens (including phenoxy) is 2. The van der Waals surface area contributed by atoms with Gasteiger partial charge >= 0.3 is 0 Å². The van der Waals surface area contributed by atoms with Crippen LogP contribution in [0, 0.1) is 5.92 Å². The van der Waals surface area contributed by atoms with Crippen LogP contribution in [0.5, 0.6) is 5.75 Å². The molecule has 0 bridgehead atoms. The molecule has 1 aromatic carbocycles. The lowest BCUT2D eigenvalue weighted by atomic mass is 9.68. The summed E-state index contributed by atoms with van der Waals surface area (Å²) in [5, 5.41) is 0. The van der Waals surface area contributed by atoms with Crippen LogP contribution in [0.25, 0.3) is 11.1 Å². The Balaban J connectivity index is 1.68. The summed E-state index contributed by atoms with van der Waals surface area (Å²) >= 11 is 0. The lowest BCUT2D eigenvalue weighted by Gasteiger charge is -2.46. The zero-order valence-electron chi connectivity index (χ0n) is 13.9. The van der Waals surface area contributed by atoms with Gasteiger partial charge in [0.1, 0.15) is 30.3 Å². The van der Waals surface area contributed by atoms with Gasteiger partial charge in [0.25, 0.3) is 6.02 Å². The van der Waals surface area contributed by atoms with Crippen molar-refractivity contribution < 1.29 is 9.47 Å². The van der Waals surface area contributed by atoms with E-state index in [1.165, 1.54) is 19.2 Å². The molecule has 3 heterocycles. The van der Waals surface area contributed by atoms with Crippen molar-refractivity contribution in [3.05, 3.63) is 42.5 Å². The normalized spacial score (nSPS) is 30.0. The molecular formula is C19H20N4O2. The van der Waals surface area contributed by atoms with E-state index in [1.54, 1.807) is 0 Å². The van der Waals surface area contributed by atoms with Gasteiger partial charge in [0.15, 0.2) is 0 Å². The minimum atomic E-state index is -0.436. The van der Waals surface area contributed by atoms with Crippen molar-refractivity contribution in [2.24, 2.45) is 16.6 Å². The summed E-state index contributed by atoms with van der Waals surface area (Å²) in [6.07, 6.45) is 9.91. The van der Waals surface area contributed by atoms with Gasteiger partial charge < -0.3 is 15.2 Å². The molecule has 6 heteroatoms. The maximum Gasteiger partial charge on any atom is 0.283 e. The van der Waals surface area contributed by atoms with Gasteiger partial charge in [-0.1, -0.05) is 12.5 Å².